The maximum atomic E-state index is 12.9. The van der Waals surface area contributed by atoms with Crippen molar-refractivity contribution in [2.24, 2.45) is 0 Å². The maximum Gasteiger partial charge on any atom is 0.410 e. The van der Waals surface area contributed by atoms with E-state index in [1.807, 2.05) is 57.2 Å². The van der Waals surface area contributed by atoms with Gasteiger partial charge in [0.1, 0.15) is 18.0 Å². The molecule has 4 aromatic carbocycles. The average Bonchev–Trinajstić information content (AvgIpc) is 2.99. The molecule has 0 N–H and O–H groups in total. The lowest BCUT2D eigenvalue weighted by molar-refractivity contribution is -0.0359. The van der Waals surface area contributed by atoms with Crippen LogP contribution >= 0.6 is 0 Å². The largest absolute Gasteiger partial charge is 0.491 e. The summed E-state index contributed by atoms with van der Waals surface area (Å²) >= 11 is 0. The molecule has 0 saturated carbocycles. The smallest absolute Gasteiger partial charge is 0.410 e. The van der Waals surface area contributed by atoms with Gasteiger partial charge in [-0.1, -0.05) is 78.9 Å². The minimum absolute atomic E-state index is 0.157. The molecule has 1 heterocycles. The molecule has 5 rings (SSSR count). The molecule has 1 amide bonds. The van der Waals surface area contributed by atoms with Crippen LogP contribution in [0.5, 0.6) is 5.75 Å². The number of carbonyl (C=O) groups excluding carboxylic acids is 1. The van der Waals surface area contributed by atoms with Crippen molar-refractivity contribution in [1.82, 2.24) is 4.90 Å². The van der Waals surface area contributed by atoms with Crippen molar-refractivity contribution in [3.8, 4) is 5.75 Å². The van der Waals surface area contributed by atoms with Crippen LogP contribution in [0.4, 0.5) is 4.79 Å². The van der Waals surface area contributed by atoms with E-state index in [4.69, 9.17) is 18.9 Å². The van der Waals surface area contributed by atoms with E-state index < -0.39 is 5.60 Å². The summed E-state index contributed by atoms with van der Waals surface area (Å²) in [4.78, 5) is 14.7. The predicted octanol–water partition coefficient (Wildman–Crippen LogP) is 7.75. The Morgan fingerprint density at radius 2 is 1.52 bits per heavy atom. The number of piperidine rings is 1. The molecule has 42 heavy (non-hydrogen) atoms. The first kappa shape index (κ1) is 29.6. The van der Waals surface area contributed by atoms with Gasteiger partial charge in [-0.25, -0.2) is 4.79 Å². The maximum absolute atomic E-state index is 12.9. The zero-order valence-corrected chi connectivity index (χ0v) is 24.8. The van der Waals surface area contributed by atoms with E-state index >= 15 is 0 Å². The summed E-state index contributed by atoms with van der Waals surface area (Å²) in [5.41, 5.74) is 2.89. The summed E-state index contributed by atoms with van der Waals surface area (Å²) in [5.74, 6) is 1.01. The molecule has 1 aliphatic heterocycles. The first-order valence-electron chi connectivity index (χ1n) is 14.8. The van der Waals surface area contributed by atoms with Crippen LogP contribution in [0.1, 0.15) is 49.8 Å². The highest BCUT2D eigenvalue weighted by molar-refractivity contribution is 5.82. The Kier molecular flexibility index (Phi) is 9.78. The summed E-state index contributed by atoms with van der Waals surface area (Å²) < 4.78 is 23.8. The molecule has 0 bridgehead atoms. The van der Waals surface area contributed by atoms with Gasteiger partial charge in [-0.2, -0.15) is 0 Å². The lowest BCUT2D eigenvalue weighted by atomic mass is 9.86. The van der Waals surface area contributed by atoms with Crippen LogP contribution in [0, 0.1) is 0 Å². The molecular weight excluding hydrogens is 526 g/mol. The summed E-state index contributed by atoms with van der Waals surface area (Å²) in [6.07, 6.45) is 0.355. The number of para-hydroxylation sites is 1. The Morgan fingerprint density at radius 3 is 2.29 bits per heavy atom. The van der Waals surface area contributed by atoms with Crippen LogP contribution in [0.25, 0.3) is 10.8 Å². The molecule has 0 aromatic heterocycles. The van der Waals surface area contributed by atoms with E-state index in [0.717, 1.165) is 23.3 Å². The molecule has 1 fully saturated rings. The summed E-state index contributed by atoms with van der Waals surface area (Å²) in [5, 5.41) is 2.40. The van der Waals surface area contributed by atoms with E-state index in [2.05, 4.69) is 60.7 Å². The molecule has 0 spiro atoms. The summed E-state index contributed by atoms with van der Waals surface area (Å²) in [6, 6.07) is 33.1. The zero-order chi connectivity index (χ0) is 29.4. The second-order valence-corrected chi connectivity index (χ2v) is 11.8. The SMILES string of the molecule is CC(C)(C)OC(=O)N1CCC(c2ccc(COCCOc3ccccc3)cc2)C(OCc2ccc3ccccc3c2)C1. The van der Waals surface area contributed by atoms with Gasteiger partial charge >= 0.3 is 6.09 Å². The first-order chi connectivity index (χ1) is 20.3. The quantitative estimate of drug-likeness (QED) is 0.184. The molecule has 6 heteroatoms. The number of fused-ring (bicyclic) bond motifs is 1. The Morgan fingerprint density at radius 1 is 0.810 bits per heavy atom. The zero-order valence-electron chi connectivity index (χ0n) is 24.8. The van der Waals surface area contributed by atoms with Gasteiger partial charge in [0.2, 0.25) is 0 Å². The van der Waals surface area contributed by atoms with E-state index in [0.29, 0.717) is 39.5 Å². The van der Waals surface area contributed by atoms with Gasteiger partial charge in [0.25, 0.3) is 0 Å². The fourth-order valence-electron chi connectivity index (χ4n) is 5.28. The second kappa shape index (κ2) is 13.9. The number of hydrogen-bond acceptors (Lipinski definition) is 5. The number of amides is 1. The fraction of sp³-hybridized carbons (Fsp3) is 0.361. The summed E-state index contributed by atoms with van der Waals surface area (Å²) in [7, 11) is 0. The molecule has 0 radical (unpaired) electrons. The Hall–Kier alpha value is -3.87. The topological polar surface area (TPSA) is 57.2 Å². The van der Waals surface area contributed by atoms with Gasteiger partial charge in [0.15, 0.2) is 0 Å². The van der Waals surface area contributed by atoms with Crippen molar-refractivity contribution in [2.45, 2.75) is 58.0 Å². The predicted molar refractivity (Wildman–Crippen MR) is 166 cm³/mol. The number of rotatable bonds is 10. The van der Waals surface area contributed by atoms with Crippen LogP contribution in [0.3, 0.4) is 0 Å². The van der Waals surface area contributed by atoms with Crippen molar-refractivity contribution in [2.75, 3.05) is 26.3 Å². The van der Waals surface area contributed by atoms with Crippen molar-refractivity contribution in [3.05, 3.63) is 114 Å². The van der Waals surface area contributed by atoms with Crippen molar-refractivity contribution < 1.29 is 23.7 Å². The van der Waals surface area contributed by atoms with Crippen LogP contribution in [-0.2, 0) is 27.4 Å². The van der Waals surface area contributed by atoms with Gasteiger partial charge in [0, 0.05) is 12.5 Å². The molecule has 1 saturated heterocycles. The minimum atomic E-state index is -0.541. The average molecular weight is 568 g/mol. The lowest BCUT2D eigenvalue weighted by Crippen LogP contribution is -2.48. The van der Waals surface area contributed by atoms with Gasteiger partial charge in [-0.05, 0) is 72.9 Å². The highest BCUT2D eigenvalue weighted by Gasteiger charge is 2.35. The number of carbonyl (C=O) groups is 1. The third-order valence-electron chi connectivity index (χ3n) is 7.40. The normalized spacial score (nSPS) is 17.3. The van der Waals surface area contributed by atoms with Gasteiger partial charge in [0.05, 0.1) is 32.5 Å². The standard InChI is InChI=1S/C36H41NO5/c1-36(2,3)42-35(38)37-20-19-33(34(24-37)41-26-28-15-16-29-9-7-8-10-31(29)23-28)30-17-13-27(14-18-30)25-39-21-22-40-32-11-5-4-6-12-32/h4-18,23,33-34H,19-22,24-26H2,1-3H3. The highest BCUT2D eigenvalue weighted by Crippen LogP contribution is 2.32. The van der Waals surface area contributed by atoms with Gasteiger partial charge in [-0.3, -0.25) is 0 Å². The first-order valence-corrected chi connectivity index (χ1v) is 14.8. The molecule has 2 atom stereocenters. The van der Waals surface area contributed by atoms with Crippen LogP contribution in [-0.4, -0.2) is 49.0 Å². The lowest BCUT2D eigenvalue weighted by Gasteiger charge is -2.39. The Bertz CT molecular complexity index is 1430. The number of nitrogens with zero attached hydrogens (tertiary/aromatic N) is 1. The number of likely N-dealkylation sites (tertiary alicyclic amines) is 1. The van der Waals surface area contributed by atoms with Crippen molar-refractivity contribution in [1.29, 1.82) is 0 Å². The van der Waals surface area contributed by atoms with E-state index in [1.54, 1.807) is 4.90 Å². The fourth-order valence-corrected chi connectivity index (χ4v) is 5.28. The molecule has 4 aromatic rings. The van der Waals surface area contributed by atoms with Crippen LogP contribution in [0.2, 0.25) is 0 Å². The molecular formula is C36H41NO5. The number of benzene rings is 4. The van der Waals surface area contributed by atoms with Crippen molar-refractivity contribution in [3.63, 3.8) is 0 Å². The highest BCUT2D eigenvalue weighted by atomic mass is 16.6. The minimum Gasteiger partial charge on any atom is -0.491 e. The summed E-state index contributed by atoms with van der Waals surface area (Å²) in [6.45, 7) is 8.83. The molecule has 0 aliphatic carbocycles. The van der Waals surface area contributed by atoms with Gasteiger partial charge in [-0.15, -0.1) is 0 Å². The third kappa shape index (κ3) is 8.34. The monoisotopic (exact) mass is 567 g/mol. The number of ether oxygens (including phenoxy) is 4. The van der Waals surface area contributed by atoms with E-state index in [9.17, 15) is 4.79 Å². The number of hydrogen-bond donors (Lipinski definition) is 0. The van der Waals surface area contributed by atoms with E-state index in [1.165, 1.54) is 16.3 Å². The Balaban J connectivity index is 1.21. The van der Waals surface area contributed by atoms with Crippen LogP contribution in [0.15, 0.2) is 97.1 Å². The van der Waals surface area contributed by atoms with Gasteiger partial charge < -0.3 is 23.8 Å². The van der Waals surface area contributed by atoms with Crippen molar-refractivity contribution >= 4 is 16.9 Å². The third-order valence-corrected chi connectivity index (χ3v) is 7.40. The Labute approximate surface area is 249 Å². The molecule has 1 aliphatic rings. The van der Waals surface area contributed by atoms with E-state index in [-0.39, 0.29) is 18.1 Å². The second-order valence-electron chi connectivity index (χ2n) is 11.8. The van der Waals surface area contributed by atoms with Crippen LogP contribution < -0.4 is 4.74 Å². The molecule has 220 valence electrons. The molecule has 2 unspecified atom stereocenters. The molecule has 6 nitrogen and oxygen atoms in total.